The molecule has 18 heavy (non-hydrogen) atoms. The smallest absolute Gasteiger partial charge is 0.304 e. The zero-order chi connectivity index (χ0) is 13.7. The first-order valence-electron chi connectivity index (χ1n) is 5.79. The lowest BCUT2D eigenvalue weighted by Crippen LogP contribution is -2.32. The first kappa shape index (κ1) is 14.8. The van der Waals surface area contributed by atoms with Crippen LogP contribution in [0.5, 0.6) is 5.75 Å². The van der Waals surface area contributed by atoms with E-state index in [1.54, 1.807) is 18.2 Å². The third-order valence-corrected chi connectivity index (χ3v) is 3.22. The largest absolute Gasteiger partial charge is 0.508 e. The molecule has 1 aromatic rings. The summed E-state index contributed by atoms with van der Waals surface area (Å²) < 4.78 is 0. The summed E-state index contributed by atoms with van der Waals surface area (Å²) in [6.45, 7) is 2.47. The SMILES string of the molecule is CC(Cc1cc(Cl)ccc1O)N(C)CCC(=O)O. The highest BCUT2D eigenvalue weighted by atomic mass is 35.5. The Morgan fingerprint density at radius 3 is 2.78 bits per heavy atom. The second-order valence-corrected chi connectivity index (χ2v) is 4.89. The van der Waals surface area contributed by atoms with Crippen molar-refractivity contribution >= 4 is 17.6 Å². The Morgan fingerprint density at radius 1 is 1.50 bits per heavy atom. The molecule has 0 fully saturated rings. The van der Waals surface area contributed by atoms with Crippen LogP contribution in [0.1, 0.15) is 18.9 Å². The molecule has 1 aromatic carbocycles. The fourth-order valence-corrected chi connectivity index (χ4v) is 1.88. The highest BCUT2D eigenvalue weighted by Crippen LogP contribution is 2.23. The van der Waals surface area contributed by atoms with E-state index in [9.17, 15) is 9.90 Å². The molecule has 0 aliphatic rings. The number of phenolic OH excluding ortho intramolecular Hbond substituents is 1. The Labute approximate surface area is 112 Å². The molecule has 0 amide bonds. The maximum atomic E-state index is 10.5. The summed E-state index contributed by atoms with van der Waals surface area (Å²) >= 11 is 5.88. The van der Waals surface area contributed by atoms with Gasteiger partial charge in [-0.15, -0.1) is 0 Å². The second kappa shape index (κ2) is 6.61. The lowest BCUT2D eigenvalue weighted by molar-refractivity contribution is -0.137. The summed E-state index contributed by atoms with van der Waals surface area (Å²) in [5.41, 5.74) is 0.775. The Balaban J connectivity index is 2.60. The summed E-state index contributed by atoms with van der Waals surface area (Å²) in [5, 5.41) is 18.9. The molecule has 0 spiro atoms. The number of hydrogen-bond donors (Lipinski definition) is 2. The fourth-order valence-electron chi connectivity index (χ4n) is 1.68. The van der Waals surface area contributed by atoms with E-state index in [1.807, 2.05) is 18.9 Å². The molecular formula is C13H18ClNO3. The molecule has 1 unspecified atom stereocenters. The van der Waals surface area contributed by atoms with Crippen LogP contribution in [0, 0.1) is 0 Å². The van der Waals surface area contributed by atoms with E-state index in [2.05, 4.69) is 0 Å². The number of carboxylic acids is 1. The number of rotatable bonds is 6. The molecule has 0 aliphatic carbocycles. The molecule has 0 heterocycles. The average Bonchev–Trinajstić information content (AvgIpc) is 2.30. The van der Waals surface area contributed by atoms with Crippen molar-refractivity contribution in [3.63, 3.8) is 0 Å². The van der Waals surface area contributed by atoms with Gasteiger partial charge in [0.05, 0.1) is 6.42 Å². The topological polar surface area (TPSA) is 60.8 Å². The van der Waals surface area contributed by atoms with Gasteiger partial charge in [0.15, 0.2) is 0 Å². The molecule has 0 aliphatic heterocycles. The number of hydrogen-bond acceptors (Lipinski definition) is 3. The van der Waals surface area contributed by atoms with Crippen molar-refractivity contribution in [1.29, 1.82) is 0 Å². The van der Waals surface area contributed by atoms with Gasteiger partial charge >= 0.3 is 5.97 Å². The molecule has 1 rings (SSSR count). The number of carbonyl (C=O) groups is 1. The monoisotopic (exact) mass is 271 g/mol. The maximum absolute atomic E-state index is 10.5. The summed E-state index contributed by atoms with van der Waals surface area (Å²) in [6, 6.07) is 5.08. The number of likely N-dealkylation sites (N-methyl/N-ethyl adjacent to an activating group) is 1. The number of nitrogens with zero attached hydrogens (tertiary/aromatic N) is 1. The van der Waals surface area contributed by atoms with E-state index in [-0.39, 0.29) is 18.2 Å². The zero-order valence-electron chi connectivity index (χ0n) is 10.6. The molecule has 100 valence electrons. The van der Waals surface area contributed by atoms with E-state index in [0.717, 1.165) is 5.56 Å². The van der Waals surface area contributed by atoms with E-state index >= 15 is 0 Å². The van der Waals surface area contributed by atoms with Crippen LogP contribution in [0.15, 0.2) is 18.2 Å². The molecule has 0 aromatic heterocycles. The van der Waals surface area contributed by atoms with Gasteiger partial charge in [-0.3, -0.25) is 4.79 Å². The predicted molar refractivity (Wildman–Crippen MR) is 71.2 cm³/mol. The molecule has 2 N–H and O–H groups in total. The van der Waals surface area contributed by atoms with Gasteiger partial charge in [0.1, 0.15) is 5.75 Å². The zero-order valence-corrected chi connectivity index (χ0v) is 11.3. The van der Waals surface area contributed by atoms with Crippen LogP contribution < -0.4 is 0 Å². The average molecular weight is 272 g/mol. The van der Waals surface area contributed by atoms with Crippen molar-refractivity contribution in [3.05, 3.63) is 28.8 Å². The summed E-state index contributed by atoms with van der Waals surface area (Å²) in [7, 11) is 1.87. The van der Waals surface area contributed by atoms with E-state index < -0.39 is 5.97 Å². The number of benzene rings is 1. The third kappa shape index (κ3) is 4.55. The Kier molecular flexibility index (Phi) is 5.44. The van der Waals surface area contributed by atoms with Crippen LogP contribution in [0.4, 0.5) is 0 Å². The minimum absolute atomic E-state index is 0.113. The minimum Gasteiger partial charge on any atom is -0.508 e. The van der Waals surface area contributed by atoms with Crippen molar-refractivity contribution in [1.82, 2.24) is 4.90 Å². The van der Waals surface area contributed by atoms with Crippen molar-refractivity contribution < 1.29 is 15.0 Å². The highest BCUT2D eigenvalue weighted by molar-refractivity contribution is 6.30. The maximum Gasteiger partial charge on any atom is 0.304 e. The van der Waals surface area contributed by atoms with Gasteiger partial charge in [-0.05, 0) is 44.2 Å². The van der Waals surface area contributed by atoms with Gasteiger partial charge in [0.2, 0.25) is 0 Å². The number of halogens is 1. The standard InChI is InChI=1S/C13H18ClNO3/c1-9(15(2)6-5-13(17)18)7-10-8-11(14)3-4-12(10)16/h3-4,8-9,16H,5-7H2,1-2H3,(H,17,18). The Morgan fingerprint density at radius 2 is 2.17 bits per heavy atom. The first-order chi connectivity index (χ1) is 8.40. The lowest BCUT2D eigenvalue weighted by Gasteiger charge is -2.24. The van der Waals surface area contributed by atoms with Gasteiger partial charge in [-0.25, -0.2) is 0 Å². The number of aromatic hydroxyl groups is 1. The number of phenols is 1. The quantitative estimate of drug-likeness (QED) is 0.834. The van der Waals surface area contributed by atoms with Gasteiger partial charge in [0.25, 0.3) is 0 Å². The van der Waals surface area contributed by atoms with Crippen LogP contribution in [0.2, 0.25) is 5.02 Å². The number of aliphatic carboxylic acids is 1. The molecular weight excluding hydrogens is 254 g/mol. The number of carboxylic acid groups (broad SMARTS) is 1. The van der Waals surface area contributed by atoms with Crippen LogP contribution in [-0.2, 0) is 11.2 Å². The van der Waals surface area contributed by atoms with Crippen LogP contribution >= 0.6 is 11.6 Å². The Bertz CT molecular complexity index is 423. The summed E-state index contributed by atoms with van der Waals surface area (Å²) in [5.74, 6) is -0.586. The van der Waals surface area contributed by atoms with Crippen molar-refractivity contribution in [3.8, 4) is 5.75 Å². The first-order valence-corrected chi connectivity index (χ1v) is 6.17. The molecule has 4 nitrogen and oxygen atoms in total. The molecule has 5 heteroatoms. The van der Waals surface area contributed by atoms with E-state index in [0.29, 0.717) is 18.0 Å². The third-order valence-electron chi connectivity index (χ3n) is 2.99. The normalized spacial score (nSPS) is 12.7. The van der Waals surface area contributed by atoms with Gasteiger partial charge in [-0.2, -0.15) is 0 Å². The van der Waals surface area contributed by atoms with Crippen LogP contribution in [0.3, 0.4) is 0 Å². The highest BCUT2D eigenvalue weighted by Gasteiger charge is 2.13. The Hall–Kier alpha value is -1.26. The summed E-state index contributed by atoms with van der Waals surface area (Å²) in [4.78, 5) is 12.5. The van der Waals surface area contributed by atoms with Gasteiger partial charge in [-0.1, -0.05) is 11.6 Å². The predicted octanol–water partition coefficient (Wildman–Crippen LogP) is 2.38. The molecule has 0 radical (unpaired) electrons. The van der Waals surface area contributed by atoms with Crippen LogP contribution in [0.25, 0.3) is 0 Å². The van der Waals surface area contributed by atoms with E-state index in [1.165, 1.54) is 0 Å². The fraction of sp³-hybridized carbons (Fsp3) is 0.462. The van der Waals surface area contributed by atoms with Gasteiger partial charge in [0, 0.05) is 17.6 Å². The molecule has 0 bridgehead atoms. The molecule has 0 saturated carbocycles. The van der Waals surface area contributed by atoms with Crippen molar-refractivity contribution in [2.75, 3.05) is 13.6 Å². The van der Waals surface area contributed by atoms with E-state index in [4.69, 9.17) is 16.7 Å². The van der Waals surface area contributed by atoms with Gasteiger partial charge < -0.3 is 15.1 Å². The molecule has 1 atom stereocenters. The lowest BCUT2D eigenvalue weighted by atomic mass is 10.1. The summed E-state index contributed by atoms with van der Waals surface area (Å²) in [6.07, 6.45) is 0.741. The van der Waals surface area contributed by atoms with Crippen LogP contribution in [-0.4, -0.2) is 40.7 Å². The van der Waals surface area contributed by atoms with Crippen molar-refractivity contribution in [2.24, 2.45) is 0 Å². The minimum atomic E-state index is -0.806. The second-order valence-electron chi connectivity index (χ2n) is 4.45. The van der Waals surface area contributed by atoms with Crippen molar-refractivity contribution in [2.45, 2.75) is 25.8 Å². The molecule has 0 saturated heterocycles.